The summed E-state index contributed by atoms with van der Waals surface area (Å²) in [7, 11) is 1.69. The summed E-state index contributed by atoms with van der Waals surface area (Å²) in [5.41, 5.74) is 3.20. The third kappa shape index (κ3) is 4.82. The molecule has 0 saturated carbocycles. The van der Waals surface area contributed by atoms with Crippen LogP contribution in [-0.4, -0.2) is 53.9 Å². The maximum atomic E-state index is 12.2. The average Bonchev–Trinajstić information content (AvgIpc) is 2.72. The Kier molecular flexibility index (Phi) is 7.39. The van der Waals surface area contributed by atoms with E-state index in [2.05, 4.69) is 10.4 Å². The quantitative estimate of drug-likeness (QED) is 0.693. The highest BCUT2D eigenvalue weighted by atomic mass is 16.5. The molecule has 1 amide bonds. The minimum Gasteiger partial charge on any atom is -0.383 e. The SMILES string of the molecule is CCN(CC)C(=O)Cn1nc(C)c(CNCCOC)c1C. The first-order valence-corrected chi connectivity index (χ1v) is 7.55. The minimum absolute atomic E-state index is 0.115. The normalized spacial score (nSPS) is 10.9. The van der Waals surface area contributed by atoms with Crippen LogP contribution in [0.5, 0.6) is 0 Å². The summed E-state index contributed by atoms with van der Waals surface area (Å²) in [6.07, 6.45) is 0. The lowest BCUT2D eigenvalue weighted by Gasteiger charge is -2.18. The zero-order valence-electron chi connectivity index (χ0n) is 13.9. The van der Waals surface area contributed by atoms with Crippen molar-refractivity contribution in [3.63, 3.8) is 0 Å². The van der Waals surface area contributed by atoms with Crippen LogP contribution < -0.4 is 5.32 Å². The van der Waals surface area contributed by atoms with E-state index < -0.39 is 0 Å². The molecular weight excluding hydrogens is 268 g/mol. The van der Waals surface area contributed by atoms with E-state index in [0.29, 0.717) is 13.2 Å². The summed E-state index contributed by atoms with van der Waals surface area (Å²) in [6.45, 7) is 12.0. The number of rotatable bonds is 9. The van der Waals surface area contributed by atoms with Crippen LogP contribution in [0, 0.1) is 13.8 Å². The molecule has 0 aliphatic carbocycles. The van der Waals surface area contributed by atoms with Gasteiger partial charge in [-0.15, -0.1) is 0 Å². The molecule has 0 fully saturated rings. The molecule has 0 radical (unpaired) electrons. The first kappa shape index (κ1) is 17.7. The van der Waals surface area contributed by atoms with Gasteiger partial charge in [0.15, 0.2) is 0 Å². The van der Waals surface area contributed by atoms with Crippen molar-refractivity contribution in [2.75, 3.05) is 33.4 Å². The van der Waals surface area contributed by atoms with Crippen molar-refractivity contribution in [2.24, 2.45) is 0 Å². The van der Waals surface area contributed by atoms with Crippen LogP contribution in [0.3, 0.4) is 0 Å². The van der Waals surface area contributed by atoms with Crippen molar-refractivity contribution in [3.8, 4) is 0 Å². The zero-order valence-corrected chi connectivity index (χ0v) is 13.9. The van der Waals surface area contributed by atoms with Crippen LogP contribution in [0.25, 0.3) is 0 Å². The van der Waals surface area contributed by atoms with Crippen molar-refractivity contribution in [1.29, 1.82) is 0 Å². The standard InChI is InChI=1S/C15H28N4O2/c1-6-18(7-2)15(20)11-19-13(4)14(12(3)17-19)10-16-8-9-21-5/h16H,6-11H2,1-5H3. The molecule has 0 aromatic carbocycles. The van der Waals surface area contributed by atoms with Crippen molar-refractivity contribution in [1.82, 2.24) is 20.0 Å². The van der Waals surface area contributed by atoms with Gasteiger partial charge in [-0.05, 0) is 27.7 Å². The number of nitrogens with zero attached hydrogens (tertiary/aromatic N) is 3. The molecule has 6 nitrogen and oxygen atoms in total. The fourth-order valence-electron chi connectivity index (χ4n) is 2.34. The summed E-state index contributed by atoms with van der Waals surface area (Å²) >= 11 is 0. The number of hydrogen-bond donors (Lipinski definition) is 1. The minimum atomic E-state index is 0.115. The van der Waals surface area contributed by atoms with Gasteiger partial charge < -0.3 is 15.0 Å². The smallest absolute Gasteiger partial charge is 0.244 e. The van der Waals surface area contributed by atoms with Crippen molar-refractivity contribution in [3.05, 3.63) is 17.0 Å². The van der Waals surface area contributed by atoms with E-state index in [1.807, 2.05) is 37.3 Å². The summed E-state index contributed by atoms with van der Waals surface area (Å²) in [6, 6.07) is 0. The van der Waals surface area contributed by atoms with E-state index in [1.54, 1.807) is 7.11 Å². The second-order valence-corrected chi connectivity index (χ2v) is 5.04. The highest BCUT2D eigenvalue weighted by Crippen LogP contribution is 2.13. The molecule has 0 aliphatic heterocycles. The van der Waals surface area contributed by atoms with Crippen LogP contribution in [0.15, 0.2) is 0 Å². The molecule has 0 spiro atoms. The highest BCUT2D eigenvalue weighted by Gasteiger charge is 2.16. The van der Waals surface area contributed by atoms with Gasteiger partial charge in [0, 0.05) is 44.5 Å². The first-order chi connectivity index (χ1) is 10.0. The summed E-state index contributed by atoms with van der Waals surface area (Å²) < 4.78 is 6.82. The molecule has 1 aromatic heterocycles. The Labute approximate surface area is 127 Å². The van der Waals surface area contributed by atoms with E-state index in [0.717, 1.165) is 37.6 Å². The zero-order chi connectivity index (χ0) is 15.8. The van der Waals surface area contributed by atoms with Crippen LogP contribution in [0.1, 0.15) is 30.8 Å². The summed E-state index contributed by atoms with van der Waals surface area (Å²) in [5, 5.41) is 7.82. The number of aryl methyl sites for hydroxylation is 1. The van der Waals surface area contributed by atoms with Crippen LogP contribution >= 0.6 is 0 Å². The summed E-state index contributed by atoms with van der Waals surface area (Å²) in [5.74, 6) is 0.115. The van der Waals surface area contributed by atoms with Crippen molar-refractivity contribution >= 4 is 5.91 Å². The molecule has 1 aromatic rings. The fraction of sp³-hybridized carbons (Fsp3) is 0.733. The molecule has 1 rings (SSSR count). The Morgan fingerprint density at radius 2 is 2.00 bits per heavy atom. The van der Waals surface area contributed by atoms with Crippen molar-refractivity contribution in [2.45, 2.75) is 40.8 Å². The predicted octanol–water partition coefficient (Wildman–Crippen LogP) is 1.10. The lowest BCUT2D eigenvalue weighted by molar-refractivity contribution is -0.131. The molecule has 0 saturated heterocycles. The first-order valence-electron chi connectivity index (χ1n) is 7.55. The van der Waals surface area contributed by atoms with Crippen LogP contribution in [0.2, 0.25) is 0 Å². The monoisotopic (exact) mass is 296 g/mol. The molecule has 0 bridgehead atoms. The van der Waals surface area contributed by atoms with Gasteiger partial charge in [-0.2, -0.15) is 5.10 Å². The van der Waals surface area contributed by atoms with E-state index in [1.165, 1.54) is 5.56 Å². The highest BCUT2D eigenvalue weighted by molar-refractivity contribution is 5.75. The third-order valence-corrected chi connectivity index (χ3v) is 3.72. The van der Waals surface area contributed by atoms with E-state index in [-0.39, 0.29) is 5.91 Å². The predicted molar refractivity (Wildman–Crippen MR) is 83.2 cm³/mol. The van der Waals surface area contributed by atoms with Crippen LogP contribution in [-0.2, 0) is 22.6 Å². The van der Waals surface area contributed by atoms with E-state index in [9.17, 15) is 4.79 Å². The number of ether oxygens (including phenoxy) is 1. The lowest BCUT2D eigenvalue weighted by Crippen LogP contribution is -2.34. The number of carbonyl (C=O) groups excluding carboxylic acids is 1. The van der Waals surface area contributed by atoms with Gasteiger partial charge in [-0.3, -0.25) is 9.48 Å². The van der Waals surface area contributed by atoms with Crippen LogP contribution in [0.4, 0.5) is 0 Å². The molecule has 1 heterocycles. The molecule has 120 valence electrons. The number of methoxy groups -OCH3 is 1. The van der Waals surface area contributed by atoms with Gasteiger partial charge in [0.1, 0.15) is 6.54 Å². The van der Waals surface area contributed by atoms with Gasteiger partial charge in [-0.1, -0.05) is 0 Å². The molecule has 6 heteroatoms. The third-order valence-electron chi connectivity index (χ3n) is 3.72. The molecule has 0 unspecified atom stereocenters. The van der Waals surface area contributed by atoms with Gasteiger partial charge >= 0.3 is 0 Å². The van der Waals surface area contributed by atoms with Gasteiger partial charge in [0.05, 0.1) is 12.3 Å². The van der Waals surface area contributed by atoms with E-state index in [4.69, 9.17) is 4.74 Å². The Morgan fingerprint density at radius 3 is 2.57 bits per heavy atom. The number of hydrogen-bond acceptors (Lipinski definition) is 4. The van der Waals surface area contributed by atoms with E-state index >= 15 is 0 Å². The number of aromatic nitrogens is 2. The second-order valence-electron chi connectivity index (χ2n) is 5.04. The molecular formula is C15H28N4O2. The van der Waals surface area contributed by atoms with Gasteiger partial charge in [0.2, 0.25) is 5.91 Å². The number of nitrogens with one attached hydrogen (secondary N) is 1. The topological polar surface area (TPSA) is 59.4 Å². The Balaban J connectivity index is 2.70. The molecule has 21 heavy (non-hydrogen) atoms. The number of amides is 1. The largest absolute Gasteiger partial charge is 0.383 e. The summed E-state index contributed by atoms with van der Waals surface area (Å²) in [4.78, 5) is 14.0. The van der Waals surface area contributed by atoms with Gasteiger partial charge in [0.25, 0.3) is 0 Å². The molecule has 1 N–H and O–H groups in total. The average molecular weight is 296 g/mol. The number of likely N-dealkylation sites (N-methyl/N-ethyl adjacent to an activating group) is 1. The number of carbonyl (C=O) groups is 1. The fourth-order valence-corrected chi connectivity index (χ4v) is 2.34. The Bertz CT molecular complexity index is 453. The Morgan fingerprint density at radius 1 is 1.33 bits per heavy atom. The van der Waals surface area contributed by atoms with Gasteiger partial charge in [-0.25, -0.2) is 0 Å². The maximum absolute atomic E-state index is 12.2. The lowest BCUT2D eigenvalue weighted by atomic mass is 10.2. The molecule has 0 aliphatic rings. The van der Waals surface area contributed by atoms with Crippen molar-refractivity contribution < 1.29 is 9.53 Å². The molecule has 0 atom stereocenters. The Hall–Kier alpha value is -1.40. The maximum Gasteiger partial charge on any atom is 0.244 e. The second kappa shape index (κ2) is 8.79.